The van der Waals surface area contributed by atoms with Crippen molar-refractivity contribution >= 4 is 34.9 Å². The lowest BCUT2D eigenvalue weighted by Gasteiger charge is -2.12. The van der Waals surface area contributed by atoms with Gasteiger partial charge in [-0.25, -0.2) is 4.79 Å². The van der Waals surface area contributed by atoms with Gasteiger partial charge in [0.05, 0.1) is 25.0 Å². The summed E-state index contributed by atoms with van der Waals surface area (Å²) in [5.74, 6) is -0.251. The van der Waals surface area contributed by atoms with E-state index in [0.717, 1.165) is 0 Å². The molecule has 0 bridgehead atoms. The SMILES string of the molecule is COCCOc1ccc(C(=O)NC(=S)Nc2ccccc2C(=O)OC)cc1. The Hall–Kier alpha value is -2.97. The van der Waals surface area contributed by atoms with Gasteiger partial charge < -0.3 is 19.5 Å². The molecule has 1 amide bonds. The van der Waals surface area contributed by atoms with Crippen LogP contribution in [0.1, 0.15) is 20.7 Å². The molecule has 0 atom stereocenters. The van der Waals surface area contributed by atoms with E-state index in [1.807, 2.05) is 0 Å². The zero-order chi connectivity index (χ0) is 19.6. The molecule has 0 radical (unpaired) electrons. The van der Waals surface area contributed by atoms with E-state index in [-0.39, 0.29) is 11.0 Å². The molecular formula is C19H20N2O5S. The highest BCUT2D eigenvalue weighted by atomic mass is 32.1. The third-order valence-electron chi connectivity index (χ3n) is 3.48. The number of esters is 1. The number of nitrogens with one attached hydrogen (secondary N) is 2. The Balaban J connectivity index is 1.96. The first-order valence-corrected chi connectivity index (χ1v) is 8.47. The molecule has 0 fully saturated rings. The maximum atomic E-state index is 12.3. The summed E-state index contributed by atoms with van der Waals surface area (Å²) in [5.41, 5.74) is 1.17. The van der Waals surface area contributed by atoms with Crippen LogP contribution < -0.4 is 15.4 Å². The summed E-state index contributed by atoms with van der Waals surface area (Å²) in [6.45, 7) is 0.908. The third-order valence-corrected chi connectivity index (χ3v) is 3.68. The smallest absolute Gasteiger partial charge is 0.339 e. The van der Waals surface area contributed by atoms with Gasteiger partial charge in [0.2, 0.25) is 0 Å². The Labute approximate surface area is 162 Å². The number of carbonyl (C=O) groups excluding carboxylic acids is 2. The van der Waals surface area contributed by atoms with Crippen LogP contribution in [0.15, 0.2) is 48.5 Å². The van der Waals surface area contributed by atoms with Gasteiger partial charge in [-0.15, -0.1) is 0 Å². The molecule has 2 rings (SSSR count). The largest absolute Gasteiger partial charge is 0.491 e. The number of benzene rings is 2. The topological polar surface area (TPSA) is 85.9 Å². The van der Waals surface area contributed by atoms with E-state index in [0.29, 0.717) is 35.8 Å². The van der Waals surface area contributed by atoms with Gasteiger partial charge in [0.25, 0.3) is 5.91 Å². The van der Waals surface area contributed by atoms with Crippen LogP contribution in [0, 0.1) is 0 Å². The van der Waals surface area contributed by atoms with Gasteiger partial charge in [-0.05, 0) is 48.6 Å². The van der Waals surface area contributed by atoms with Crippen LogP contribution in [0.3, 0.4) is 0 Å². The number of methoxy groups -OCH3 is 2. The average molecular weight is 388 g/mol. The minimum Gasteiger partial charge on any atom is -0.491 e. The van der Waals surface area contributed by atoms with Crippen LogP contribution in [-0.4, -0.2) is 44.4 Å². The Bertz CT molecular complexity index is 808. The predicted molar refractivity (Wildman–Crippen MR) is 105 cm³/mol. The first-order valence-electron chi connectivity index (χ1n) is 8.06. The maximum absolute atomic E-state index is 12.3. The number of anilines is 1. The van der Waals surface area contributed by atoms with Crippen LogP contribution in [-0.2, 0) is 9.47 Å². The summed E-state index contributed by atoms with van der Waals surface area (Å²) in [6.07, 6.45) is 0. The second kappa shape index (κ2) is 10.2. The minimum absolute atomic E-state index is 0.0665. The molecule has 0 unspecified atom stereocenters. The number of hydrogen-bond donors (Lipinski definition) is 2. The van der Waals surface area contributed by atoms with E-state index in [4.69, 9.17) is 26.4 Å². The molecule has 0 heterocycles. The Morgan fingerprint density at radius 2 is 1.70 bits per heavy atom. The van der Waals surface area contributed by atoms with Gasteiger partial charge in [-0.3, -0.25) is 10.1 Å². The molecular weight excluding hydrogens is 368 g/mol. The molecule has 0 saturated carbocycles. The van der Waals surface area contributed by atoms with E-state index in [1.54, 1.807) is 55.6 Å². The van der Waals surface area contributed by atoms with E-state index < -0.39 is 5.97 Å². The lowest BCUT2D eigenvalue weighted by molar-refractivity contribution is 0.0602. The fraction of sp³-hybridized carbons (Fsp3) is 0.211. The standard InChI is InChI=1S/C19H20N2O5S/c1-24-11-12-26-14-9-7-13(8-10-14)17(22)21-19(27)20-16-6-4-3-5-15(16)18(23)25-2/h3-10H,11-12H2,1-2H3,(H2,20,21,22,27). The molecule has 2 aromatic rings. The van der Waals surface area contributed by atoms with Crippen molar-refractivity contribution in [2.75, 3.05) is 32.8 Å². The third kappa shape index (κ3) is 6.05. The van der Waals surface area contributed by atoms with Gasteiger partial charge in [0.1, 0.15) is 12.4 Å². The van der Waals surface area contributed by atoms with Gasteiger partial charge in [0.15, 0.2) is 5.11 Å². The molecule has 0 aliphatic heterocycles. The number of carbonyl (C=O) groups is 2. The highest BCUT2D eigenvalue weighted by molar-refractivity contribution is 7.80. The summed E-state index contributed by atoms with van der Waals surface area (Å²) in [7, 11) is 2.89. The zero-order valence-electron chi connectivity index (χ0n) is 15.0. The summed E-state index contributed by atoms with van der Waals surface area (Å²) >= 11 is 5.16. The van der Waals surface area contributed by atoms with E-state index in [1.165, 1.54) is 7.11 Å². The fourth-order valence-electron chi connectivity index (χ4n) is 2.15. The van der Waals surface area contributed by atoms with Crippen LogP contribution in [0.25, 0.3) is 0 Å². The molecule has 2 aromatic carbocycles. The van der Waals surface area contributed by atoms with Crippen LogP contribution in [0.4, 0.5) is 5.69 Å². The molecule has 0 aromatic heterocycles. The van der Waals surface area contributed by atoms with Crippen LogP contribution >= 0.6 is 12.2 Å². The van der Waals surface area contributed by atoms with Crippen molar-refractivity contribution in [2.24, 2.45) is 0 Å². The molecule has 7 nitrogen and oxygen atoms in total. The maximum Gasteiger partial charge on any atom is 0.339 e. The van der Waals surface area contributed by atoms with Crippen molar-refractivity contribution in [2.45, 2.75) is 0 Å². The molecule has 0 saturated heterocycles. The predicted octanol–water partition coefficient (Wildman–Crippen LogP) is 2.63. The van der Waals surface area contributed by atoms with E-state index >= 15 is 0 Å². The normalized spacial score (nSPS) is 10.0. The first kappa shape index (κ1) is 20.3. The van der Waals surface area contributed by atoms with E-state index in [9.17, 15) is 9.59 Å². The second-order valence-electron chi connectivity index (χ2n) is 5.31. The molecule has 0 aliphatic rings. The Kier molecular flexibility index (Phi) is 7.72. The van der Waals surface area contributed by atoms with Crippen LogP contribution in [0.2, 0.25) is 0 Å². The highest BCUT2D eigenvalue weighted by Gasteiger charge is 2.13. The van der Waals surface area contributed by atoms with Crippen LogP contribution in [0.5, 0.6) is 5.75 Å². The monoisotopic (exact) mass is 388 g/mol. The van der Waals surface area contributed by atoms with Crippen molar-refractivity contribution in [3.8, 4) is 5.75 Å². The molecule has 27 heavy (non-hydrogen) atoms. The van der Waals surface area contributed by atoms with Crippen molar-refractivity contribution in [3.05, 3.63) is 59.7 Å². The summed E-state index contributed by atoms with van der Waals surface area (Å²) in [4.78, 5) is 24.1. The zero-order valence-corrected chi connectivity index (χ0v) is 15.8. The molecule has 2 N–H and O–H groups in total. The minimum atomic E-state index is -0.503. The van der Waals surface area contributed by atoms with Crippen molar-refractivity contribution in [1.29, 1.82) is 0 Å². The average Bonchev–Trinajstić information content (AvgIpc) is 2.68. The van der Waals surface area contributed by atoms with E-state index in [2.05, 4.69) is 10.6 Å². The number of hydrogen-bond acceptors (Lipinski definition) is 6. The van der Waals surface area contributed by atoms with Crippen molar-refractivity contribution < 1.29 is 23.8 Å². The lowest BCUT2D eigenvalue weighted by Crippen LogP contribution is -2.34. The number of amides is 1. The molecule has 142 valence electrons. The quantitative estimate of drug-likeness (QED) is 0.428. The molecule has 0 spiro atoms. The summed E-state index contributed by atoms with van der Waals surface area (Å²) in [6, 6.07) is 13.3. The van der Waals surface area contributed by atoms with Crippen molar-refractivity contribution in [3.63, 3.8) is 0 Å². The fourth-order valence-corrected chi connectivity index (χ4v) is 2.36. The van der Waals surface area contributed by atoms with Gasteiger partial charge in [-0.1, -0.05) is 12.1 Å². The Morgan fingerprint density at radius 1 is 1.00 bits per heavy atom. The number of thiocarbonyl (C=S) groups is 1. The summed E-state index contributed by atoms with van der Waals surface area (Å²) in [5, 5.41) is 5.47. The number of rotatable bonds is 7. The van der Waals surface area contributed by atoms with Crippen molar-refractivity contribution in [1.82, 2.24) is 5.32 Å². The molecule has 0 aliphatic carbocycles. The lowest BCUT2D eigenvalue weighted by atomic mass is 10.2. The number of para-hydroxylation sites is 1. The summed E-state index contributed by atoms with van der Waals surface area (Å²) < 4.78 is 15.1. The Morgan fingerprint density at radius 3 is 2.37 bits per heavy atom. The second-order valence-corrected chi connectivity index (χ2v) is 5.72. The highest BCUT2D eigenvalue weighted by Crippen LogP contribution is 2.16. The van der Waals surface area contributed by atoms with Gasteiger partial charge in [0, 0.05) is 12.7 Å². The van der Waals surface area contributed by atoms with Gasteiger partial charge >= 0.3 is 5.97 Å². The van der Waals surface area contributed by atoms with Gasteiger partial charge in [-0.2, -0.15) is 0 Å². The number of ether oxygens (including phenoxy) is 3. The first-order chi connectivity index (χ1) is 13.0. The molecule has 8 heteroatoms.